The number of rotatable bonds is 9. The monoisotopic (exact) mass is 470 g/mol. The molecular weight excluding hydrogens is 444 g/mol. The molecule has 0 saturated carbocycles. The van der Waals surface area contributed by atoms with E-state index in [-0.39, 0.29) is 23.5 Å². The van der Waals surface area contributed by atoms with Gasteiger partial charge in [0.05, 0.1) is 16.6 Å². The lowest BCUT2D eigenvalue weighted by Gasteiger charge is -2.15. The zero-order valence-electron chi connectivity index (χ0n) is 18.2. The lowest BCUT2D eigenvalue weighted by molar-refractivity contribution is -0.123. The summed E-state index contributed by atoms with van der Waals surface area (Å²) in [6.45, 7) is 3.58. The number of aryl methyl sites for hydroxylation is 1. The van der Waals surface area contributed by atoms with Gasteiger partial charge in [0.15, 0.2) is 6.61 Å². The number of hydrogen-bond donors (Lipinski definition) is 2. The largest absolute Gasteiger partial charge is 0.484 e. The van der Waals surface area contributed by atoms with Crippen LogP contribution in [0.15, 0.2) is 82.6 Å². The van der Waals surface area contributed by atoms with Gasteiger partial charge in [-0.25, -0.2) is 8.42 Å². The molecule has 3 rings (SSSR count). The fourth-order valence-electron chi connectivity index (χ4n) is 3.01. The van der Waals surface area contributed by atoms with Gasteiger partial charge in [0, 0.05) is 4.90 Å². The molecule has 0 bridgehead atoms. The molecule has 8 heteroatoms. The molecule has 0 saturated heterocycles. The highest BCUT2D eigenvalue weighted by Crippen LogP contribution is 2.22. The zero-order chi connectivity index (χ0) is 23.1. The highest BCUT2D eigenvalue weighted by atomic mass is 32.2. The Morgan fingerprint density at radius 3 is 2.28 bits per heavy atom. The number of ether oxygens (including phenoxy) is 1. The number of para-hydroxylation sites is 1. The first-order chi connectivity index (χ1) is 15.3. The summed E-state index contributed by atoms with van der Waals surface area (Å²) in [6, 6.07) is 21.0. The fraction of sp³-hybridized carbons (Fsp3) is 0.208. The summed E-state index contributed by atoms with van der Waals surface area (Å²) in [7, 11) is -3.72. The predicted molar refractivity (Wildman–Crippen MR) is 129 cm³/mol. The Labute approximate surface area is 193 Å². The highest BCUT2D eigenvalue weighted by molar-refractivity contribution is 7.98. The molecule has 0 aliphatic carbocycles. The maximum atomic E-state index is 12.6. The van der Waals surface area contributed by atoms with Gasteiger partial charge >= 0.3 is 0 Å². The van der Waals surface area contributed by atoms with Crippen LogP contribution < -0.4 is 14.8 Å². The Balaban J connectivity index is 1.54. The Kier molecular flexibility index (Phi) is 7.82. The van der Waals surface area contributed by atoms with Crippen molar-refractivity contribution in [2.24, 2.45) is 0 Å². The molecule has 3 aromatic carbocycles. The van der Waals surface area contributed by atoms with Crippen molar-refractivity contribution in [1.82, 2.24) is 5.32 Å². The van der Waals surface area contributed by atoms with Gasteiger partial charge in [-0.3, -0.25) is 9.52 Å². The molecule has 0 aliphatic heterocycles. The average molecular weight is 471 g/mol. The van der Waals surface area contributed by atoms with Gasteiger partial charge in [0.2, 0.25) is 0 Å². The van der Waals surface area contributed by atoms with E-state index in [1.165, 1.54) is 24.3 Å². The molecule has 0 aromatic heterocycles. The van der Waals surface area contributed by atoms with E-state index in [1.54, 1.807) is 23.9 Å². The third kappa shape index (κ3) is 6.27. The van der Waals surface area contributed by atoms with Crippen LogP contribution in [0.3, 0.4) is 0 Å². The maximum Gasteiger partial charge on any atom is 0.261 e. The van der Waals surface area contributed by atoms with Crippen molar-refractivity contribution in [1.29, 1.82) is 0 Å². The van der Waals surface area contributed by atoms with Crippen LogP contribution in [0.1, 0.15) is 24.1 Å². The molecule has 0 heterocycles. The van der Waals surface area contributed by atoms with E-state index < -0.39 is 10.0 Å². The molecule has 1 unspecified atom stereocenters. The number of nitrogens with one attached hydrogen (secondary N) is 2. The summed E-state index contributed by atoms with van der Waals surface area (Å²) in [5, 5.41) is 2.90. The molecule has 0 fully saturated rings. The highest BCUT2D eigenvalue weighted by Gasteiger charge is 2.16. The molecule has 1 atom stereocenters. The molecule has 32 heavy (non-hydrogen) atoms. The summed E-state index contributed by atoms with van der Waals surface area (Å²) in [5.74, 6) is 0.149. The van der Waals surface area contributed by atoms with Crippen LogP contribution in [0.25, 0.3) is 0 Å². The molecule has 168 valence electrons. The fourth-order valence-corrected chi connectivity index (χ4v) is 4.55. The topological polar surface area (TPSA) is 84.5 Å². The second-order valence-electron chi connectivity index (χ2n) is 7.24. The van der Waals surface area contributed by atoms with E-state index in [0.29, 0.717) is 11.4 Å². The van der Waals surface area contributed by atoms with Crippen molar-refractivity contribution in [2.45, 2.75) is 29.7 Å². The molecular formula is C24H26N2O4S2. The van der Waals surface area contributed by atoms with Gasteiger partial charge in [-0.1, -0.05) is 30.3 Å². The normalized spacial score (nSPS) is 12.1. The van der Waals surface area contributed by atoms with Crippen LogP contribution in [0.5, 0.6) is 5.75 Å². The van der Waals surface area contributed by atoms with Crippen LogP contribution in [0.2, 0.25) is 0 Å². The van der Waals surface area contributed by atoms with Gasteiger partial charge < -0.3 is 10.1 Å². The van der Waals surface area contributed by atoms with Gasteiger partial charge in [-0.2, -0.15) is 0 Å². The smallest absolute Gasteiger partial charge is 0.261 e. The van der Waals surface area contributed by atoms with Crippen LogP contribution in [-0.2, 0) is 14.8 Å². The summed E-state index contributed by atoms with van der Waals surface area (Å²) >= 11 is 1.66. The second-order valence-corrected chi connectivity index (χ2v) is 9.80. The standard InChI is InChI=1S/C24H26N2O4S2/c1-17-6-4-5-7-23(17)26-32(28,29)22-14-10-20(11-15-22)30-16-24(27)25-18(2)19-8-12-21(31-3)13-9-19/h4-15,18,26H,16H2,1-3H3,(H,25,27). The van der Waals surface area contributed by atoms with E-state index in [9.17, 15) is 13.2 Å². The average Bonchev–Trinajstić information content (AvgIpc) is 2.79. The molecule has 1 amide bonds. The first-order valence-electron chi connectivity index (χ1n) is 10.0. The zero-order valence-corrected chi connectivity index (χ0v) is 19.8. The number of thioether (sulfide) groups is 1. The summed E-state index contributed by atoms with van der Waals surface area (Å²) in [6.07, 6.45) is 2.01. The summed E-state index contributed by atoms with van der Waals surface area (Å²) in [5.41, 5.74) is 2.37. The van der Waals surface area contributed by atoms with Crippen LogP contribution in [0.4, 0.5) is 5.69 Å². The summed E-state index contributed by atoms with van der Waals surface area (Å²) in [4.78, 5) is 13.5. The van der Waals surface area contributed by atoms with Gasteiger partial charge in [0.1, 0.15) is 5.75 Å². The Bertz CT molecular complexity index is 1160. The number of anilines is 1. The number of amides is 1. The molecule has 6 nitrogen and oxygen atoms in total. The van der Waals surface area contributed by atoms with Crippen LogP contribution in [-0.4, -0.2) is 27.2 Å². The number of sulfonamides is 1. The molecule has 2 N–H and O–H groups in total. The van der Waals surface area contributed by atoms with E-state index in [1.807, 2.05) is 56.5 Å². The van der Waals surface area contributed by atoms with Gasteiger partial charge in [-0.15, -0.1) is 11.8 Å². The molecule has 0 aliphatic rings. The Morgan fingerprint density at radius 2 is 1.66 bits per heavy atom. The molecule has 0 spiro atoms. The van der Waals surface area contributed by atoms with Crippen molar-refractivity contribution in [3.05, 3.63) is 83.9 Å². The molecule has 3 aromatic rings. The van der Waals surface area contributed by atoms with Crippen molar-refractivity contribution in [2.75, 3.05) is 17.6 Å². The van der Waals surface area contributed by atoms with Crippen LogP contribution in [0, 0.1) is 6.92 Å². The van der Waals surface area contributed by atoms with Crippen molar-refractivity contribution in [3.63, 3.8) is 0 Å². The lowest BCUT2D eigenvalue weighted by atomic mass is 10.1. The Morgan fingerprint density at radius 1 is 1.00 bits per heavy atom. The number of carbonyl (C=O) groups excluding carboxylic acids is 1. The maximum absolute atomic E-state index is 12.6. The lowest BCUT2D eigenvalue weighted by Crippen LogP contribution is -2.31. The first kappa shape index (κ1) is 23.7. The van der Waals surface area contributed by atoms with Crippen LogP contribution >= 0.6 is 11.8 Å². The Hall–Kier alpha value is -2.97. The SMILES string of the molecule is CSc1ccc(C(C)NC(=O)COc2ccc(S(=O)(=O)Nc3ccccc3C)cc2)cc1. The van der Waals surface area contributed by atoms with Crippen molar-refractivity contribution in [3.8, 4) is 5.75 Å². The number of hydrogen-bond acceptors (Lipinski definition) is 5. The predicted octanol–water partition coefficient (Wildman–Crippen LogP) is 4.77. The van der Waals surface area contributed by atoms with E-state index >= 15 is 0 Å². The number of carbonyl (C=O) groups is 1. The quantitative estimate of drug-likeness (QED) is 0.440. The van der Waals surface area contributed by atoms with Crippen molar-refractivity contribution < 1.29 is 17.9 Å². The van der Waals surface area contributed by atoms with E-state index in [0.717, 1.165) is 16.0 Å². The van der Waals surface area contributed by atoms with E-state index in [2.05, 4.69) is 10.0 Å². The first-order valence-corrected chi connectivity index (χ1v) is 12.7. The third-order valence-electron chi connectivity index (χ3n) is 4.89. The van der Waals surface area contributed by atoms with Gasteiger partial charge in [-0.05, 0) is 73.7 Å². The third-order valence-corrected chi connectivity index (χ3v) is 7.01. The molecule has 0 radical (unpaired) electrons. The van der Waals surface area contributed by atoms with Gasteiger partial charge in [0.25, 0.3) is 15.9 Å². The summed E-state index contributed by atoms with van der Waals surface area (Å²) < 4.78 is 33.3. The minimum absolute atomic E-state index is 0.111. The number of benzene rings is 3. The minimum Gasteiger partial charge on any atom is -0.484 e. The van der Waals surface area contributed by atoms with E-state index in [4.69, 9.17) is 4.74 Å². The van der Waals surface area contributed by atoms with Crippen molar-refractivity contribution >= 4 is 33.4 Å². The second kappa shape index (κ2) is 10.6. The minimum atomic E-state index is -3.72.